The highest BCUT2D eigenvalue weighted by Gasteiger charge is 2.39. The van der Waals surface area contributed by atoms with Gasteiger partial charge in [0.05, 0.1) is 11.4 Å². The topological polar surface area (TPSA) is 92.9 Å². The van der Waals surface area contributed by atoms with Crippen LogP contribution in [0.25, 0.3) is 4.96 Å². The van der Waals surface area contributed by atoms with Gasteiger partial charge in [-0.1, -0.05) is 35.1 Å². The first-order chi connectivity index (χ1) is 18.1. The molecule has 0 radical (unpaired) electrons. The molecule has 0 fully saturated rings. The van der Waals surface area contributed by atoms with E-state index in [1.807, 2.05) is 6.92 Å². The number of aryl methyl sites for hydroxylation is 2. The van der Waals surface area contributed by atoms with Crippen molar-refractivity contribution in [3.05, 3.63) is 74.3 Å². The van der Waals surface area contributed by atoms with Gasteiger partial charge in [0.2, 0.25) is 4.96 Å². The molecule has 0 bridgehead atoms. The number of hydrogen-bond acceptors (Lipinski definition) is 7. The first kappa shape index (κ1) is 26.0. The number of imidazole rings is 1. The second kappa shape index (κ2) is 9.91. The molecule has 1 aliphatic heterocycles. The van der Waals surface area contributed by atoms with Crippen molar-refractivity contribution in [2.24, 2.45) is 0 Å². The number of rotatable bonds is 5. The molecule has 1 unspecified atom stereocenters. The van der Waals surface area contributed by atoms with Gasteiger partial charge in [-0.25, -0.2) is 23.3 Å². The highest BCUT2D eigenvalue weighted by molar-refractivity contribution is 7.16. The summed E-state index contributed by atoms with van der Waals surface area (Å²) in [5, 5.41) is 5.16. The van der Waals surface area contributed by atoms with Crippen LogP contribution in [0.15, 0.2) is 24.3 Å². The Bertz CT molecular complexity index is 1590. The van der Waals surface area contributed by atoms with E-state index in [1.54, 1.807) is 18.6 Å². The maximum Gasteiger partial charge on any atom is 0.271 e. The zero-order valence-electron chi connectivity index (χ0n) is 21.0. The molecule has 2 amide bonds. The lowest BCUT2D eigenvalue weighted by molar-refractivity contribution is -0.135. The Balaban J connectivity index is 1.48. The van der Waals surface area contributed by atoms with E-state index < -0.39 is 30.2 Å². The fraction of sp³-hybridized carbons (Fsp3) is 0.320. The molecule has 9 nitrogen and oxygen atoms in total. The summed E-state index contributed by atoms with van der Waals surface area (Å²) in [4.78, 5) is 37.7. The van der Waals surface area contributed by atoms with E-state index in [1.165, 1.54) is 52.3 Å². The fourth-order valence-corrected chi connectivity index (χ4v) is 5.39. The minimum atomic E-state index is -1.03. The number of amides is 2. The molecule has 1 aromatic carbocycles. The van der Waals surface area contributed by atoms with Gasteiger partial charge in [-0.05, 0) is 31.5 Å². The molecule has 0 aliphatic carbocycles. The van der Waals surface area contributed by atoms with Crippen molar-refractivity contribution < 1.29 is 23.1 Å². The lowest BCUT2D eigenvalue weighted by Gasteiger charge is -2.35. The van der Waals surface area contributed by atoms with Gasteiger partial charge in [0, 0.05) is 32.6 Å². The standard InChI is InChI=1S/C25H23ClF2N6O3S/c1-12-5-6-14(20(28)19(12)27)21-22-15(30-25-34(22)31-13(2)38-25)9-10-33(21)18(35)11-37-17-8-7-16(29-23(17)26)24(36)32(3)4/h5-8,21H,9-11H2,1-4H3. The molecule has 0 N–H and O–H groups in total. The van der Waals surface area contributed by atoms with Crippen molar-refractivity contribution in [1.82, 2.24) is 29.4 Å². The normalized spacial score (nSPS) is 15.0. The van der Waals surface area contributed by atoms with E-state index in [2.05, 4.69) is 15.1 Å². The van der Waals surface area contributed by atoms with Gasteiger partial charge in [-0.3, -0.25) is 9.59 Å². The molecule has 4 heterocycles. The van der Waals surface area contributed by atoms with Crippen LogP contribution in [0.4, 0.5) is 8.78 Å². The Morgan fingerprint density at radius 3 is 2.63 bits per heavy atom. The van der Waals surface area contributed by atoms with Gasteiger partial charge in [0.25, 0.3) is 11.8 Å². The summed E-state index contributed by atoms with van der Waals surface area (Å²) in [6.45, 7) is 3.06. The van der Waals surface area contributed by atoms with Gasteiger partial charge in [-0.2, -0.15) is 5.10 Å². The number of ether oxygens (including phenoxy) is 1. The smallest absolute Gasteiger partial charge is 0.271 e. The van der Waals surface area contributed by atoms with Gasteiger partial charge in [-0.15, -0.1) is 0 Å². The molecule has 1 aliphatic rings. The van der Waals surface area contributed by atoms with E-state index in [0.717, 1.165) is 5.01 Å². The molecule has 13 heteroatoms. The second-order valence-corrected chi connectivity index (χ2v) is 10.6. The number of carbonyl (C=O) groups excluding carboxylic acids is 2. The third-order valence-electron chi connectivity index (χ3n) is 6.29. The molecule has 198 valence electrons. The first-order valence-electron chi connectivity index (χ1n) is 11.7. The monoisotopic (exact) mass is 560 g/mol. The average molecular weight is 561 g/mol. The van der Waals surface area contributed by atoms with Crippen LogP contribution in [0.5, 0.6) is 5.75 Å². The van der Waals surface area contributed by atoms with Gasteiger partial charge in [0.15, 0.2) is 29.1 Å². The van der Waals surface area contributed by atoms with Crippen molar-refractivity contribution in [2.75, 3.05) is 27.2 Å². The van der Waals surface area contributed by atoms with Crippen LogP contribution in [-0.4, -0.2) is 68.4 Å². The van der Waals surface area contributed by atoms with Crippen LogP contribution in [0.1, 0.15) is 44.1 Å². The third kappa shape index (κ3) is 4.47. The van der Waals surface area contributed by atoms with Gasteiger partial charge in [0.1, 0.15) is 16.7 Å². The largest absolute Gasteiger partial charge is 0.481 e. The van der Waals surface area contributed by atoms with Crippen molar-refractivity contribution >= 4 is 39.7 Å². The molecule has 0 spiro atoms. The number of nitrogens with zero attached hydrogens (tertiary/aromatic N) is 6. The SMILES string of the molecule is Cc1nn2c3c(nc2s1)CCN(C(=O)COc1ccc(C(=O)N(C)C)nc1Cl)C3c1ccc(C)c(F)c1F. The summed E-state index contributed by atoms with van der Waals surface area (Å²) in [6, 6.07) is 4.89. The van der Waals surface area contributed by atoms with Crippen molar-refractivity contribution in [2.45, 2.75) is 26.3 Å². The van der Waals surface area contributed by atoms with Crippen molar-refractivity contribution in [3.8, 4) is 5.75 Å². The predicted octanol–water partition coefficient (Wildman–Crippen LogP) is 3.99. The number of fused-ring (bicyclic) bond motifs is 3. The summed E-state index contributed by atoms with van der Waals surface area (Å²) in [7, 11) is 3.18. The van der Waals surface area contributed by atoms with Crippen LogP contribution in [0.3, 0.4) is 0 Å². The zero-order chi connectivity index (χ0) is 27.3. The Kier molecular flexibility index (Phi) is 6.78. The van der Waals surface area contributed by atoms with Crippen LogP contribution in [0, 0.1) is 25.5 Å². The van der Waals surface area contributed by atoms with Crippen LogP contribution in [-0.2, 0) is 11.2 Å². The molecule has 3 aromatic heterocycles. The third-order valence-corrected chi connectivity index (χ3v) is 7.38. The Labute approximate surface area is 225 Å². The second-order valence-electron chi connectivity index (χ2n) is 9.07. The molecule has 0 saturated carbocycles. The average Bonchev–Trinajstić information content (AvgIpc) is 3.41. The Morgan fingerprint density at radius 2 is 1.92 bits per heavy atom. The molecule has 1 atom stereocenters. The number of aromatic nitrogens is 4. The summed E-state index contributed by atoms with van der Waals surface area (Å²) < 4.78 is 37.2. The van der Waals surface area contributed by atoms with E-state index in [4.69, 9.17) is 16.3 Å². The van der Waals surface area contributed by atoms with Crippen LogP contribution in [0.2, 0.25) is 5.15 Å². The number of carbonyl (C=O) groups is 2. The lowest BCUT2D eigenvalue weighted by atomic mass is 9.94. The predicted molar refractivity (Wildman–Crippen MR) is 137 cm³/mol. The van der Waals surface area contributed by atoms with Crippen LogP contribution >= 0.6 is 22.9 Å². The van der Waals surface area contributed by atoms with E-state index in [-0.39, 0.29) is 40.2 Å². The lowest BCUT2D eigenvalue weighted by Crippen LogP contribution is -2.43. The van der Waals surface area contributed by atoms with E-state index >= 15 is 4.39 Å². The summed E-state index contributed by atoms with van der Waals surface area (Å²) in [5.41, 5.74) is 1.47. The van der Waals surface area contributed by atoms with Crippen molar-refractivity contribution in [1.29, 1.82) is 0 Å². The highest BCUT2D eigenvalue weighted by atomic mass is 35.5. The minimum absolute atomic E-state index is 0.00102. The number of halogens is 3. The highest BCUT2D eigenvalue weighted by Crippen LogP contribution is 2.38. The van der Waals surface area contributed by atoms with Crippen LogP contribution < -0.4 is 4.74 Å². The Hall–Kier alpha value is -3.64. The van der Waals surface area contributed by atoms with E-state index in [0.29, 0.717) is 22.8 Å². The van der Waals surface area contributed by atoms with Gasteiger partial charge < -0.3 is 14.5 Å². The minimum Gasteiger partial charge on any atom is -0.481 e. The molecule has 4 aromatic rings. The maximum atomic E-state index is 15.3. The zero-order valence-corrected chi connectivity index (χ0v) is 22.5. The Morgan fingerprint density at radius 1 is 1.16 bits per heavy atom. The maximum absolute atomic E-state index is 15.3. The van der Waals surface area contributed by atoms with E-state index in [9.17, 15) is 14.0 Å². The quantitative estimate of drug-likeness (QED) is 0.343. The summed E-state index contributed by atoms with van der Waals surface area (Å²) in [5.74, 6) is -2.71. The van der Waals surface area contributed by atoms with Crippen molar-refractivity contribution in [3.63, 3.8) is 0 Å². The summed E-state index contributed by atoms with van der Waals surface area (Å²) in [6.07, 6.45) is 0.409. The molecule has 5 rings (SSSR count). The fourth-order valence-electron chi connectivity index (χ4n) is 4.42. The van der Waals surface area contributed by atoms with Gasteiger partial charge >= 0.3 is 0 Å². The number of benzene rings is 1. The number of pyridine rings is 1. The summed E-state index contributed by atoms with van der Waals surface area (Å²) >= 11 is 7.58. The number of hydrogen-bond donors (Lipinski definition) is 0. The molecule has 38 heavy (non-hydrogen) atoms. The molecular weight excluding hydrogens is 538 g/mol. The first-order valence-corrected chi connectivity index (χ1v) is 12.9. The molecular formula is C25H23ClF2N6O3S. The molecule has 0 saturated heterocycles.